The van der Waals surface area contributed by atoms with Crippen molar-refractivity contribution in [3.05, 3.63) is 0 Å². The summed E-state index contributed by atoms with van der Waals surface area (Å²) in [6.45, 7) is 10.7. The van der Waals surface area contributed by atoms with E-state index in [1.54, 1.807) is 0 Å². The summed E-state index contributed by atoms with van der Waals surface area (Å²) in [7, 11) is 0. The summed E-state index contributed by atoms with van der Waals surface area (Å²) < 4.78 is 0. The fourth-order valence-electron chi connectivity index (χ4n) is 0.927. The molecule has 0 fully saturated rings. The van der Waals surface area contributed by atoms with Crippen molar-refractivity contribution < 1.29 is 4.79 Å². The zero-order valence-electron chi connectivity index (χ0n) is 10.1. The molecule has 1 unspecified atom stereocenters. The highest BCUT2D eigenvalue weighted by Crippen LogP contribution is 2.13. The number of nitrogens with one attached hydrogen (secondary N) is 1. The van der Waals surface area contributed by atoms with Gasteiger partial charge in [0.1, 0.15) is 0 Å². The Hall–Kier alpha value is -0.570. The van der Waals surface area contributed by atoms with Gasteiger partial charge in [0.15, 0.2) is 0 Å². The minimum absolute atomic E-state index is 0.102. The highest BCUT2D eigenvalue weighted by atomic mass is 16.1. The molecule has 0 bridgehead atoms. The van der Waals surface area contributed by atoms with Crippen LogP contribution in [0.3, 0.4) is 0 Å². The van der Waals surface area contributed by atoms with Gasteiger partial charge in [-0.3, -0.25) is 4.79 Å². The predicted molar refractivity (Wildman–Crippen MR) is 59.9 cm³/mol. The lowest BCUT2D eigenvalue weighted by Gasteiger charge is -2.20. The second-order valence-electron chi connectivity index (χ2n) is 5.19. The molecule has 0 saturated carbocycles. The van der Waals surface area contributed by atoms with Crippen molar-refractivity contribution in [2.75, 3.05) is 6.54 Å². The van der Waals surface area contributed by atoms with Crippen molar-refractivity contribution in [2.45, 2.75) is 46.6 Å². The molecule has 0 heterocycles. The Morgan fingerprint density at radius 1 is 1.36 bits per heavy atom. The van der Waals surface area contributed by atoms with Crippen LogP contribution in [0.1, 0.15) is 41.0 Å². The van der Waals surface area contributed by atoms with E-state index in [1.165, 1.54) is 0 Å². The number of amides is 1. The van der Waals surface area contributed by atoms with Crippen LogP contribution in [0.15, 0.2) is 0 Å². The first-order valence-corrected chi connectivity index (χ1v) is 5.28. The number of hydrogen-bond acceptors (Lipinski definition) is 2. The van der Waals surface area contributed by atoms with Gasteiger partial charge in [-0.1, -0.05) is 20.8 Å². The van der Waals surface area contributed by atoms with Gasteiger partial charge in [-0.15, -0.1) is 0 Å². The average molecular weight is 200 g/mol. The Bertz CT molecular complexity index is 182. The zero-order valence-corrected chi connectivity index (χ0v) is 10.1. The lowest BCUT2D eigenvalue weighted by Crippen LogP contribution is -2.45. The number of carbonyl (C=O) groups is 1. The van der Waals surface area contributed by atoms with E-state index in [0.29, 0.717) is 24.8 Å². The molecule has 0 spiro atoms. The Balaban J connectivity index is 3.77. The molecule has 0 aliphatic rings. The Morgan fingerprint density at radius 2 is 1.86 bits per heavy atom. The van der Waals surface area contributed by atoms with Crippen molar-refractivity contribution in [2.24, 2.45) is 17.6 Å². The lowest BCUT2D eigenvalue weighted by atomic mass is 9.94. The molecule has 3 N–H and O–H groups in total. The maximum absolute atomic E-state index is 11.4. The summed E-state index contributed by atoms with van der Waals surface area (Å²) in [5, 5.41) is 2.84. The second-order valence-corrected chi connectivity index (χ2v) is 5.19. The van der Waals surface area contributed by atoms with E-state index >= 15 is 0 Å². The quantitative estimate of drug-likeness (QED) is 0.707. The van der Waals surface area contributed by atoms with Crippen molar-refractivity contribution >= 4 is 5.91 Å². The Morgan fingerprint density at radius 3 is 2.21 bits per heavy atom. The SMILES string of the molecule is CC(C)C(C)CC(=O)NCC(C)(C)N. The van der Waals surface area contributed by atoms with Crippen LogP contribution in [0.2, 0.25) is 0 Å². The van der Waals surface area contributed by atoms with Gasteiger partial charge in [-0.25, -0.2) is 0 Å². The molecule has 0 aromatic carbocycles. The first kappa shape index (κ1) is 13.4. The van der Waals surface area contributed by atoms with E-state index in [-0.39, 0.29) is 11.4 Å². The number of rotatable bonds is 5. The normalized spacial score (nSPS) is 14.2. The third kappa shape index (κ3) is 6.89. The molecule has 0 rings (SSSR count). The molecular weight excluding hydrogens is 176 g/mol. The predicted octanol–water partition coefficient (Wildman–Crippen LogP) is 1.52. The molecule has 0 aromatic heterocycles. The van der Waals surface area contributed by atoms with Crippen molar-refractivity contribution in [1.82, 2.24) is 5.32 Å². The molecule has 14 heavy (non-hydrogen) atoms. The van der Waals surface area contributed by atoms with Crippen LogP contribution in [0, 0.1) is 11.8 Å². The Kier molecular flexibility index (Phi) is 5.13. The molecule has 3 nitrogen and oxygen atoms in total. The summed E-state index contributed by atoms with van der Waals surface area (Å²) >= 11 is 0. The molecule has 0 aliphatic carbocycles. The van der Waals surface area contributed by atoms with E-state index in [9.17, 15) is 4.79 Å². The minimum Gasteiger partial charge on any atom is -0.354 e. The standard InChI is InChI=1S/C11H24N2O/c1-8(2)9(3)6-10(14)13-7-11(4,5)12/h8-9H,6-7,12H2,1-5H3,(H,13,14). The van der Waals surface area contributed by atoms with Gasteiger partial charge >= 0.3 is 0 Å². The van der Waals surface area contributed by atoms with Crippen LogP contribution < -0.4 is 11.1 Å². The summed E-state index contributed by atoms with van der Waals surface area (Å²) in [5.74, 6) is 1.08. The fourth-order valence-corrected chi connectivity index (χ4v) is 0.927. The third-order valence-corrected chi connectivity index (χ3v) is 2.39. The largest absolute Gasteiger partial charge is 0.354 e. The zero-order chi connectivity index (χ0) is 11.4. The first-order chi connectivity index (χ1) is 6.22. The van der Waals surface area contributed by atoms with Crippen LogP contribution >= 0.6 is 0 Å². The first-order valence-electron chi connectivity index (χ1n) is 5.28. The highest BCUT2D eigenvalue weighted by Gasteiger charge is 2.15. The molecule has 1 atom stereocenters. The van der Waals surface area contributed by atoms with Gasteiger partial charge in [0, 0.05) is 18.5 Å². The van der Waals surface area contributed by atoms with E-state index in [2.05, 4.69) is 26.1 Å². The van der Waals surface area contributed by atoms with Crippen molar-refractivity contribution in [1.29, 1.82) is 0 Å². The van der Waals surface area contributed by atoms with Gasteiger partial charge in [-0.2, -0.15) is 0 Å². The van der Waals surface area contributed by atoms with Gasteiger partial charge in [0.2, 0.25) is 5.91 Å². The molecule has 0 saturated heterocycles. The number of carbonyl (C=O) groups excluding carboxylic acids is 1. The maximum atomic E-state index is 11.4. The summed E-state index contributed by atoms with van der Waals surface area (Å²) in [6.07, 6.45) is 0.591. The van der Waals surface area contributed by atoms with Crippen LogP contribution in [0.25, 0.3) is 0 Å². The van der Waals surface area contributed by atoms with Crippen LogP contribution in [-0.4, -0.2) is 18.0 Å². The smallest absolute Gasteiger partial charge is 0.220 e. The van der Waals surface area contributed by atoms with Gasteiger partial charge < -0.3 is 11.1 Å². The van der Waals surface area contributed by atoms with E-state index in [0.717, 1.165) is 0 Å². The number of nitrogens with two attached hydrogens (primary N) is 1. The van der Waals surface area contributed by atoms with Gasteiger partial charge in [-0.05, 0) is 25.7 Å². The molecule has 84 valence electrons. The lowest BCUT2D eigenvalue weighted by molar-refractivity contribution is -0.122. The average Bonchev–Trinajstić information content (AvgIpc) is 1.99. The summed E-state index contributed by atoms with van der Waals surface area (Å²) in [6, 6.07) is 0. The molecular formula is C11H24N2O. The fraction of sp³-hybridized carbons (Fsp3) is 0.909. The van der Waals surface area contributed by atoms with Gasteiger partial charge in [0.05, 0.1) is 0 Å². The van der Waals surface area contributed by atoms with Crippen LogP contribution in [0.4, 0.5) is 0 Å². The number of hydrogen-bond donors (Lipinski definition) is 2. The Labute approximate surface area is 87.4 Å². The summed E-state index contributed by atoms with van der Waals surface area (Å²) in [5.41, 5.74) is 5.44. The van der Waals surface area contributed by atoms with E-state index in [4.69, 9.17) is 5.73 Å². The maximum Gasteiger partial charge on any atom is 0.220 e. The van der Waals surface area contributed by atoms with E-state index in [1.807, 2.05) is 13.8 Å². The van der Waals surface area contributed by atoms with Crippen LogP contribution in [-0.2, 0) is 4.79 Å². The molecule has 3 heteroatoms. The van der Waals surface area contributed by atoms with Crippen molar-refractivity contribution in [3.63, 3.8) is 0 Å². The molecule has 0 radical (unpaired) electrons. The molecule has 0 aromatic rings. The monoisotopic (exact) mass is 200 g/mol. The third-order valence-electron chi connectivity index (χ3n) is 2.39. The molecule has 0 aliphatic heterocycles. The van der Waals surface area contributed by atoms with E-state index < -0.39 is 0 Å². The summed E-state index contributed by atoms with van der Waals surface area (Å²) in [4.78, 5) is 11.4. The molecule has 1 amide bonds. The van der Waals surface area contributed by atoms with Crippen LogP contribution in [0.5, 0.6) is 0 Å². The minimum atomic E-state index is -0.323. The highest BCUT2D eigenvalue weighted by molar-refractivity contribution is 5.76. The second kappa shape index (κ2) is 5.35. The van der Waals surface area contributed by atoms with Crippen molar-refractivity contribution in [3.8, 4) is 0 Å². The van der Waals surface area contributed by atoms with Gasteiger partial charge in [0.25, 0.3) is 0 Å². The topological polar surface area (TPSA) is 55.1 Å².